The van der Waals surface area contributed by atoms with Crippen molar-refractivity contribution in [1.82, 2.24) is 19.7 Å². The van der Waals surface area contributed by atoms with Gasteiger partial charge in [0.1, 0.15) is 5.52 Å². The summed E-state index contributed by atoms with van der Waals surface area (Å²) in [5.41, 5.74) is 2.99. The van der Waals surface area contributed by atoms with E-state index in [1.807, 2.05) is 55.5 Å². The third-order valence-corrected chi connectivity index (χ3v) is 7.17. The quantitative estimate of drug-likeness (QED) is 0.408. The van der Waals surface area contributed by atoms with Crippen molar-refractivity contribution >= 4 is 44.2 Å². The number of fused-ring (bicyclic) bond motifs is 1. The van der Waals surface area contributed by atoms with Gasteiger partial charge in [0.15, 0.2) is 5.13 Å². The van der Waals surface area contributed by atoms with Crippen LogP contribution in [-0.2, 0) is 4.74 Å². The standard InChI is InChI=1S/C24H24ClN5O2S/c1-17-19(16-26-30(17)18-6-3-2-4-7-18)23(31)29(11-10-28-12-14-32-15-13-28)24-27-22-20(25)8-5-9-21(22)33-24/h2-9,16H,10-15H2,1H3. The first kappa shape index (κ1) is 22.0. The van der Waals surface area contributed by atoms with Crippen LogP contribution in [0.3, 0.4) is 0 Å². The van der Waals surface area contributed by atoms with Crippen molar-refractivity contribution in [1.29, 1.82) is 0 Å². The number of hydrogen-bond donors (Lipinski definition) is 0. The first-order valence-corrected chi connectivity index (χ1v) is 12.1. The molecule has 1 aliphatic rings. The van der Waals surface area contributed by atoms with Crippen molar-refractivity contribution in [2.24, 2.45) is 0 Å². The molecule has 170 valence electrons. The Morgan fingerprint density at radius 3 is 2.70 bits per heavy atom. The zero-order chi connectivity index (χ0) is 22.8. The number of thiazole rings is 1. The van der Waals surface area contributed by atoms with Crippen molar-refractivity contribution in [3.8, 4) is 5.69 Å². The van der Waals surface area contributed by atoms with Gasteiger partial charge in [-0.15, -0.1) is 0 Å². The zero-order valence-electron chi connectivity index (χ0n) is 18.3. The highest BCUT2D eigenvalue weighted by atomic mass is 35.5. The van der Waals surface area contributed by atoms with Crippen LogP contribution < -0.4 is 4.90 Å². The number of hydrogen-bond acceptors (Lipinski definition) is 6. The van der Waals surface area contributed by atoms with Gasteiger partial charge in [0, 0.05) is 26.2 Å². The Morgan fingerprint density at radius 2 is 1.94 bits per heavy atom. The van der Waals surface area contributed by atoms with Crippen LogP contribution in [0, 0.1) is 6.92 Å². The number of carbonyl (C=O) groups is 1. The van der Waals surface area contributed by atoms with Crippen molar-refractivity contribution in [2.45, 2.75) is 6.92 Å². The molecular weight excluding hydrogens is 458 g/mol. The molecule has 1 amide bonds. The second-order valence-corrected chi connectivity index (χ2v) is 9.30. The highest BCUT2D eigenvalue weighted by Gasteiger charge is 2.26. The van der Waals surface area contributed by atoms with Gasteiger partial charge in [0.2, 0.25) is 0 Å². The highest BCUT2D eigenvalue weighted by molar-refractivity contribution is 7.22. The molecule has 33 heavy (non-hydrogen) atoms. The van der Waals surface area contributed by atoms with E-state index in [1.54, 1.807) is 15.8 Å². The average Bonchev–Trinajstić information content (AvgIpc) is 3.45. The maximum atomic E-state index is 13.8. The van der Waals surface area contributed by atoms with Crippen LogP contribution in [-0.4, -0.2) is 65.0 Å². The number of halogens is 1. The molecule has 0 atom stereocenters. The Bertz CT molecular complexity index is 1270. The summed E-state index contributed by atoms with van der Waals surface area (Å²) in [5, 5.41) is 5.72. The Hall–Kier alpha value is -2.78. The summed E-state index contributed by atoms with van der Waals surface area (Å²) in [6, 6.07) is 15.5. The molecule has 3 heterocycles. The van der Waals surface area contributed by atoms with Gasteiger partial charge >= 0.3 is 0 Å². The molecule has 1 fully saturated rings. The number of benzene rings is 2. The first-order chi connectivity index (χ1) is 16.1. The monoisotopic (exact) mass is 481 g/mol. The second kappa shape index (κ2) is 9.61. The Labute approximate surface area is 201 Å². The molecule has 0 saturated carbocycles. The zero-order valence-corrected chi connectivity index (χ0v) is 19.8. The van der Waals surface area contributed by atoms with Crippen molar-refractivity contribution < 1.29 is 9.53 Å². The van der Waals surface area contributed by atoms with Crippen LogP contribution in [0.15, 0.2) is 54.7 Å². The Morgan fingerprint density at radius 1 is 1.15 bits per heavy atom. The molecule has 0 bridgehead atoms. The van der Waals surface area contributed by atoms with E-state index in [4.69, 9.17) is 21.3 Å². The molecule has 0 unspecified atom stereocenters. The normalized spacial score (nSPS) is 14.6. The van der Waals surface area contributed by atoms with E-state index < -0.39 is 0 Å². The van der Waals surface area contributed by atoms with E-state index in [0.29, 0.717) is 35.5 Å². The van der Waals surface area contributed by atoms with Crippen LogP contribution in [0.25, 0.3) is 15.9 Å². The largest absolute Gasteiger partial charge is 0.379 e. The number of morpholine rings is 1. The third-order valence-electron chi connectivity index (χ3n) is 5.82. The summed E-state index contributed by atoms with van der Waals surface area (Å²) >= 11 is 7.85. The number of anilines is 1. The Kier molecular flexibility index (Phi) is 6.41. The van der Waals surface area contributed by atoms with Crippen LogP contribution in [0.2, 0.25) is 5.02 Å². The van der Waals surface area contributed by atoms with Gasteiger partial charge in [-0.2, -0.15) is 5.10 Å². The third kappa shape index (κ3) is 4.52. The van der Waals surface area contributed by atoms with E-state index in [1.165, 1.54) is 11.3 Å². The molecule has 9 heteroatoms. The van der Waals surface area contributed by atoms with E-state index in [2.05, 4.69) is 10.00 Å². The van der Waals surface area contributed by atoms with E-state index in [9.17, 15) is 4.79 Å². The summed E-state index contributed by atoms with van der Waals surface area (Å²) in [6.45, 7) is 6.33. The number of para-hydroxylation sites is 2. The molecule has 1 saturated heterocycles. The minimum absolute atomic E-state index is 0.113. The average molecular weight is 482 g/mol. The fourth-order valence-electron chi connectivity index (χ4n) is 3.96. The smallest absolute Gasteiger partial charge is 0.263 e. The summed E-state index contributed by atoms with van der Waals surface area (Å²) in [7, 11) is 0. The van der Waals surface area contributed by atoms with Crippen molar-refractivity contribution in [2.75, 3.05) is 44.3 Å². The van der Waals surface area contributed by atoms with Crippen molar-refractivity contribution in [3.63, 3.8) is 0 Å². The van der Waals surface area contributed by atoms with Gasteiger partial charge in [-0.05, 0) is 31.2 Å². The van der Waals surface area contributed by atoms with Gasteiger partial charge in [-0.1, -0.05) is 47.2 Å². The molecule has 2 aromatic heterocycles. The SMILES string of the molecule is Cc1c(C(=O)N(CCN2CCOCC2)c2nc3c(Cl)cccc3s2)cnn1-c1ccccc1. The van der Waals surface area contributed by atoms with Crippen molar-refractivity contribution in [3.05, 3.63) is 71.0 Å². The highest BCUT2D eigenvalue weighted by Crippen LogP contribution is 2.33. The molecule has 1 aliphatic heterocycles. The fraction of sp³-hybridized carbons (Fsp3) is 0.292. The number of carbonyl (C=O) groups excluding carboxylic acids is 1. The van der Waals surface area contributed by atoms with E-state index >= 15 is 0 Å². The lowest BCUT2D eigenvalue weighted by Crippen LogP contribution is -2.43. The fourth-order valence-corrected chi connectivity index (χ4v) is 5.25. The lowest BCUT2D eigenvalue weighted by atomic mass is 10.2. The van der Waals surface area contributed by atoms with Gasteiger partial charge < -0.3 is 4.74 Å². The van der Waals surface area contributed by atoms with E-state index in [0.717, 1.165) is 41.2 Å². The molecule has 7 nitrogen and oxygen atoms in total. The minimum atomic E-state index is -0.113. The summed E-state index contributed by atoms with van der Waals surface area (Å²) in [4.78, 5) is 22.6. The number of aromatic nitrogens is 3. The van der Waals surface area contributed by atoms with Gasteiger partial charge in [-0.3, -0.25) is 14.6 Å². The first-order valence-electron chi connectivity index (χ1n) is 10.9. The lowest BCUT2D eigenvalue weighted by molar-refractivity contribution is 0.0391. The molecule has 5 rings (SSSR count). The number of nitrogens with zero attached hydrogens (tertiary/aromatic N) is 5. The maximum Gasteiger partial charge on any atom is 0.263 e. The predicted molar refractivity (Wildman–Crippen MR) is 132 cm³/mol. The molecule has 0 spiro atoms. The van der Waals surface area contributed by atoms with Gasteiger partial charge in [0.05, 0.1) is 46.1 Å². The maximum absolute atomic E-state index is 13.8. The Balaban J connectivity index is 1.48. The topological polar surface area (TPSA) is 63.5 Å². The number of ether oxygens (including phenoxy) is 1. The molecule has 0 aliphatic carbocycles. The lowest BCUT2D eigenvalue weighted by Gasteiger charge is -2.29. The van der Waals surface area contributed by atoms with E-state index in [-0.39, 0.29) is 5.91 Å². The molecule has 2 aromatic carbocycles. The minimum Gasteiger partial charge on any atom is -0.379 e. The second-order valence-electron chi connectivity index (χ2n) is 7.88. The summed E-state index contributed by atoms with van der Waals surface area (Å²) < 4.78 is 8.21. The number of rotatable bonds is 6. The summed E-state index contributed by atoms with van der Waals surface area (Å²) in [6.07, 6.45) is 1.65. The molecule has 4 aromatic rings. The molecular formula is C24H24ClN5O2S. The van der Waals surface area contributed by atoms with Crippen LogP contribution >= 0.6 is 22.9 Å². The summed E-state index contributed by atoms with van der Waals surface area (Å²) in [5.74, 6) is -0.113. The van der Waals surface area contributed by atoms with Crippen LogP contribution in [0.4, 0.5) is 5.13 Å². The molecule has 0 N–H and O–H groups in total. The number of amides is 1. The predicted octanol–water partition coefficient (Wildman–Crippen LogP) is 4.42. The van der Waals surface area contributed by atoms with Gasteiger partial charge in [-0.25, -0.2) is 9.67 Å². The van der Waals surface area contributed by atoms with Crippen LogP contribution in [0.1, 0.15) is 16.1 Å². The van der Waals surface area contributed by atoms with Crippen LogP contribution in [0.5, 0.6) is 0 Å². The van der Waals surface area contributed by atoms with Gasteiger partial charge in [0.25, 0.3) is 5.91 Å². The molecule has 0 radical (unpaired) electrons.